The average Bonchev–Trinajstić information content (AvgIpc) is 2.42. The quantitative estimate of drug-likeness (QED) is 0.855. The lowest BCUT2D eigenvalue weighted by molar-refractivity contribution is 0.611. The van der Waals surface area contributed by atoms with Gasteiger partial charge in [-0.05, 0) is 43.9 Å². The largest absolute Gasteiger partial charge is 0.368 e. The summed E-state index contributed by atoms with van der Waals surface area (Å²) in [6, 6.07) is 6.89. The molecule has 1 aromatic carbocycles. The van der Waals surface area contributed by atoms with E-state index in [-0.39, 0.29) is 17.8 Å². The fraction of sp³-hybridized carbons (Fsp3) is 0.400. The van der Waals surface area contributed by atoms with Gasteiger partial charge in [0.15, 0.2) is 0 Å². The first-order valence-corrected chi connectivity index (χ1v) is 7.06. The number of rotatable bonds is 6. The number of nitrogens with one attached hydrogen (secondary N) is 1. The van der Waals surface area contributed by atoms with Gasteiger partial charge in [0.1, 0.15) is 11.6 Å². The van der Waals surface area contributed by atoms with Crippen LogP contribution in [0.15, 0.2) is 24.3 Å². The number of aromatic nitrogens is 3. The minimum absolute atomic E-state index is 0.200. The summed E-state index contributed by atoms with van der Waals surface area (Å²) in [5.41, 5.74) is 6.60. The zero-order chi connectivity index (χ0) is 15.2. The van der Waals surface area contributed by atoms with Crippen LogP contribution in [0, 0.1) is 12.7 Å². The summed E-state index contributed by atoms with van der Waals surface area (Å²) >= 11 is 0. The summed E-state index contributed by atoms with van der Waals surface area (Å²) in [5.74, 6) is 1.09. The Kier molecular flexibility index (Phi) is 5.03. The van der Waals surface area contributed by atoms with Crippen molar-refractivity contribution in [2.45, 2.75) is 39.2 Å². The van der Waals surface area contributed by atoms with E-state index in [0.29, 0.717) is 11.8 Å². The zero-order valence-electron chi connectivity index (χ0n) is 12.3. The van der Waals surface area contributed by atoms with E-state index in [1.54, 1.807) is 19.1 Å². The minimum Gasteiger partial charge on any atom is -0.368 e. The van der Waals surface area contributed by atoms with E-state index in [0.717, 1.165) is 24.8 Å². The van der Waals surface area contributed by atoms with Gasteiger partial charge in [0, 0.05) is 6.04 Å². The number of benzene rings is 1. The smallest absolute Gasteiger partial charge is 0.227 e. The highest BCUT2D eigenvalue weighted by Crippen LogP contribution is 2.13. The van der Waals surface area contributed by atoms with E-state index in [4.69, 9.17) is 5.73 Å². The van der Waals surface area contributed by atoms with E-state index in [1.807, 2.05) is 6.07 Å². The monoisotopic (exact) mass is 289 g/mol. The van der Waals surface area contributed by atoms with Gasteiger partial charge in [-0.25, -0.2) is 4.39 Å². The highest BCUT2D eigenvalue weighted by Gasteiger charge is 2.10. The maximum atomic E-state index is 13.2. The van der Waals surface area contributed by atoms with Crippen LogP contribution < -0.4 is 11.1 Å². The molecule has 1 atom stereocenters. The molecule has 0 radical (unpaired) electrons. The van der Waals surface area contributed by atoms with Crippen molar-refractivity contribution in [3.63, 3.8) is 0 Å². The van der Waals surface area contributed by atoms with Crippen molar-refractivity contribution in [3.05, 3.63) is 41.5 Å². The molecule has 0 bridgehead atoms. The Bertz CT molecular complexity index is 582. The molecule has 0 saturated carbocycles. The molecular weight excluding hydrogens is 269 g/mol. The second kappa shape index (κ2) is 6.97. The first kappa shape index (κ1) is 15.2. The number of nitrogens with zero attached hydrogens (tertiary/aromatic N) is 3. The summed E-state index contributed by atoms with van der Waals surface area (Å²) in [4.78, 5) is 12.2. The van der Waals surface area contributed by atoms with Crippen molar-refractivity contribution >= 4 is 11.9 Å². The highest BCUT2D eigenvalue weighted by molar-refractivity contribution is 5.32. The van der Waals surface area contributed by atoms with Crippen LogP contribution >= 0.6 is 0 Å². The number of anilines is 2. The van der Waals surface area contributed by atoms with Crippen LogP contribution in [0.4, 0.5) is 16.3 Å². The molecule has 2 rings (SSSR count). The van der Waals surface area contributed by atoms with Crippen LogP contribution in [0.5, 0.6) is 0 Å². The molecule has 0 aliphatic heterocycles. The maximum Gasteiger partial charge on any atom is 0.227 e. The summed E-state index contributed by atoms with van der Waals surface area (Å²) in [7, 11) is 0. The van der Waals surface area contributed by atoms with Crippen molar-refractivity contribution in [2.75, 3.05) is 11.1 Å². The summed E-state index contributed by atoms with van der Waals surface area (Å²) in [6.07, 6.45) is 2.58. The number of hydrogen-bond donors (Lipinski definition) is 2. The molecule has 5 nitrogen and oxygen atoms in total. The molecule has 6 heteroatoms. The zero-order valence-corrected chi connectivity index (χ0v) is 12.3. The second-order valence-corrected chi connectivity index (χ2v) is 4.98. The fourth-order valence-electron chi connectivity index (χ4n) is 2.16. The maximum absolute atomic E-state index is 13.2. The van der Waals surface area contributed by atoms with Crippen LogP contribution in [-0.4, -0.2) is 21.0 Å². The van der Waals surface area contributed by atoms with Crippen LogP contribution in [0.2, 0.25) is 0 Å². The second-order valence-electron chi connectivity index (χ2n) is 4.98. The van der Waals surface area contributed by atoms with Gasteiger partial charge in [-0.1, -0.05) is 19.1 Å². The van der Waals surface area contributed by atoms with Gasteiger partial charge in [-0.3, -0.25) is 0 Å². The lowest BCUT2D eigenvalue weighted by atomic mass is 10.0. The molecule has 0 aliphatic rings. The van der Waals surface area contributed by atoms with Crippen molar-refractivity contribution in [3.8, 4) is 0 Å². The lowest BCUT2D eigenvalue weighted by Gasteiger charge is -2.17. The Labute approximate surface area is 123 Å². The molecule has 1 unspecified atom stereocenters. The summed E-state index contributed by atoms with van der Waals surface area (Å²) < 4.78 is 13.2. The van der Waals surface area contributed by atoms with Gasteiger partial charge in [0.25, 0.3) is 0 Å². The highest BCUT2D eigenvalue weighted by atomic mass is 19.1. The van der Waals surface area contributed by atoms with E-state index in [2.05, 4.69) is 27.2 Å². The van der Waals surface area contributed by atoms with Crippen molar-refractivity contribution in [1.82, 2.24) is 15.0 Å². The Hall–Kier alpha value is -2.24. The van der Waals surface area contributed by atoms with Crippen LogP contribution in [0.25, 0.3) is 0 Å². The van der Waals surface area contributed by atoms with Crippen molar-refractivity contribution in [1.29, 1.82) is 0 Å². The molecule has 0 fully saturated rings. The minimum atomic E-state index is -0.200. The molecule has 112 valence electrons. The van der Waals surface area contributed by atoms with Gasteiger partial charge in [-0.15, -0.1) is 0 Å². The number of nitrogen functional groups attached to an aromatic ring is 1. The average molecular weight is 289 g/mol. The number of nitrogens with two attached hydrogens (primary N) is 1. The van der Waals surface area contributed by atoms with Gasteiger partial charge < -0.3 is 11.1 Å². The van der Waals surface area contributed by atoms with Crippen molar-refractivity contribution < 1.29 is 4.39 Å². The Morgan fingerprint density at radius 1 is 1.29 bits per heavy atom. The Morgan fingerprint density at radius 3 is 2.76 bits per heavy atom. The van der Waals surface area contributed by atoms with Crippen LogP contribution in [-0.2, 0) is 6.42 Å². The van der Waals surface area contributed by atoms with Crippen LogP contribution in [0.1, 0.15) is 31.2 Å². The van der Waals surface area contributed by atoms with E-state index >= 15 is 0 Å². The molecule has 0 saturated heterocycles. The Balaban J connectivity index is 1.96. The number of aryl methyl sites for hydroxylation is 2. The normalized spacial score (nSPS) is 12.1. The fourth-order valence-corrected chi connectivity index (χ4v) is 2.16. The van der Waals surface area contributed by atoms with Gasteiger partial charge in [-0.2, -0.15) is 15.0 Å². The Morgan fingerprint density at radius 2 is 2.10 bits per heavy atom. The molecule has 1 heterocycles. The topological polar surface area (TPSA) is 76.7 Å². The third kappa shape index (κ3) is 4.66. The third-order valence-electron chi connectivity index (χ3n) is 3.26. The molecule has 3 N–H and O–H groups in total. The van der Waals surface area contributed by atoms with Gasteiger partial charge in [0.2, 0.25) is 11.9 Å². The first-order chi connectivity index (χ1) is 10.1. The molecule has 0 spiro atoms. The molecule has 0 aliphatic carbocycles. The predicted molar refractivity (Wildman–Crippen MR) is 81.4 cm³/mol. The van der Waals surface area contributed by atoms with Crippen molar-refractivity contribution in [2.24, 2.45) is 0 Å². The summed E-state index contributed by atoms with van der Waals surface area (Å²) in [5, 5.41) is 3.26. The number of hydrogen-bond acceptors (Lipinski definition) is 5. The molecule has 2 aromatic rings. The third-order valence-corrected chi connectivity index (χ3v) is 3.26. The van der Waals surface area contributed by atoms with E-state index in [1.165, 1.54) is 6.07 Å². The predicted octanol–water partition coefficient (Wildman–Crippen LogP) is 2.72. The van der Waals surface area contributed by atoms with Crippen LogP contribution in [0.3, 0.4) is 0 Å². The van der Waals surface area contributed by atoms with Gasteiger partial charge in [0.05, 0.1) is 0 Å². The van der Waals surface area contributed by atoms with E-state index < -0.39 is 0 Å². The SMILES string of the molecule is CCC(CCc1cccc(F)c1)Nc1nc(C)nc(N)n1. The summed E-state index contributed by atoms with van der Waals surface area (Å²) in [6.45, 7) is 3.86. The molecule has 21 heavy (non-hydrogen) atoms. The number of halogens is 1. The van der Waals surface area contributed by atoms with Gasteiger partial charge >= 0.3 is 0 Å². The lowest BCUT2D eigenvalue weighted by Crippen LogP contribution is -2.21. The van der Waals surface area contributed by atoms with E-state index in [9.17, 15) is 4.39 Å². The molecular formula is C15H20FN5. The molecule has 0 amide bonds. The standard InChI is InChI=1S/C15H20FN5/c1-3-13(8-7-11-5-4-6-12(16)9-11)20-15-19-10(2)18-14(17)21-15/h4-6,9,13H,3,7-8H2,1-2H3,(H3,17,18,19,20,21). The first-order valence-electron chi connectivity index (χ1n) is 7.06. The molecule has 1 aromatic heterocycles.